The van der Waals surface area contributed by atoms with Crippen LogP contribution in [0.4, 0.5) is 0 Å². The van der Waals surface area contributed by atoms with Gasteiger partial charge in [-0.15, -0.1) is 11.8 Å². The van der Waals surface area contributed by atoms with Crippen molar-refractivity contribution in [2.45, 2.75) is 24.9 Å². The Balaban J connectivity index is 1.44. The molecule has 8 nitrogen and oxygen atoms in total. The summed E-state index contributed by atoms with van der Waals surface area (Å²) in [5.41, 5.74) is 2.11. The maximum atomic E-state index is 12.7. The normalized spacial score (nSPS) is 11.1. The second-order valence-electron chi connectivity index (χ2n) is 6.47. The minimum atomic E-state index is -0.493. The molecular weight excluding hydrogens is 406 g/mol. The van der Waals surface area contributed by atoms with Gasteiger partial charge in [0.1, 0.15) is 10.6 Å². The van der Waals surface area contributed by atoms with E-state index in [1.807, 2.05) is 24.5 Å². The molecule has 1 aromatic carbocycles. The molecule has 0 aliphatic carbocycles. The van der Waals surface area contributed by atoms with Crippen LogP contribution in [-0.4, -0.2) is 33.4 Å². The molecule has 4 rings (SSSR count). The monoisotopic (exact) mass is 425 g/mol. The highest BCUT2D eigenvalue weighted by atomic mass is 32.2. The lowest BCUT2D eigenvalue weighted by Crippen LogP contribution is -2.17. The number of oxazole rings is 1. The molecule has 9 heteroatoms. The molecule has 0 N–H and O–H groups in total. The summed E-state index contributed by atoms with van der Waals surface area (Å²) in [6.45, 7) is 2.27. The third-order valence-electron chi connectivity index (χ3n) is 4.53. The van der Waals surface area contributed by atoms with Gasteiger partial charge >= 0.3 is 11.7 Å². The summed E-state index contributed by atoms with van der Waals surface area (Å²) < 4.78 is 17.5. The van der Waals surface area contributed by atoms with E-state index in [0.29, 0.717) is 46.4 Å². The van der Waals surface area contributed by atoms with Crippen molar-refractivity contribution in [1.82, 2.24) is 14.5 Å². The first-order valence-electron chi connectivity index (χ1n) is 9.30. The van der Waals surface area contributed by atoms with Gasteiger partial charge in [-0.05, 0) is 43.9 Å². The zero-order valence-corrected chi connectivity index (χ0v) is 17.3. The van der Waals surface area contributed by atoms with E-state index < -0.39 is 11.7 Å². The molecule has 3 heterocycles. The summed E-state index contributed by atoms with van der Waals surface area (Å²) in [4.78, 5) is 33.5. The number of para-hydroxylation sites is 2. The molecule has 0 saturated carbocycles. The second kappa shape index (κ2) is 8.58. The maximum Gasteiger partial charge on any atom is 0.419 e. The lowest BCUT2D eigenvalue weighted by molar-refractivity contribution is 0.0489. The highest BCUT2D eigenvalue weighted by Crippen LogP contribution is 2.25. The topological polar surface area (TPSA) is 100 Å². The third kappa shape index (κ3) is 3.88. The Labute approximate surface area is 175 Å². The zero-order chi connectivity index (χ0) is 21.1. The van der Waals surface area contributed by atoms with E-state index in [9.17, 15) is 9.59 Å². The number of rotatable bonds is 7. The molecule has 0 amide bonds. The van der Waals surface area contributed by atoms with Gasteiger partial charge < -0.3 is 13.6 Å². The Hall–Kier alpha value is -3.33. The molecule has 0 bridgehead atoms. The number of thioether (sulfide) groups is 1. The molecule has 154 valence electrons. The highest BCUT2D eigenvalue weighted by molar-refractivity contribution is 7.98. The minimum absolute atomic E-state index is 0.151. The number of fused-ring (bicyclic) bond motifs is 1. The van der Waals surface area contributed by atoms with Crippen molar-refractivity contribution in [3.8, 4) is 11.6 Å². The lowest BCUT2D eigenvalue weighted by atomic mass is 10.2. The van der Waals surface area contributed by atoms with Gasteiger partial charge in [-0.1, -0.05) is 12.1 Å². The fourth-order valence-corrected chi connectivity index (χ4v) is 3.74. The first-order chi connectivity index (χ1) is 14.6. The number of furan rings is 1. The van der Waals surface area contributed by atoms with Crippen molar-refractivity contribution < 1.29 is 18.4 Å². The third-order valence-corrected chi connectivity index (χ3v) is 5.21. The summed E-state index contributed by atoms with van der Waals surface area (Å²) in [5, 5.41) is 0.524. The average Bonchev–Trinajstić information content (AvgIpc) is 3.38. The number of nitrogens with zero attached hydrogens (tertiary/aromatic N) is 3. The van der Waals surface area contributed by atoms with Crippen molar-refractivity contribution in [2.75, 3.05) is 12.9 Å². The van der Waals surface area contributed by atoms with Gasteiger partial charge in [0.05, 0.1) is 24.1 Å². The van der Waals surface area contributed by atoms with Gasteiger partial charge in [0, 0.05) is 6.54 Å². The number of hydrogen-bond acceptors (Lipinski definition) is 8. The Kier molecular flexibility index (Phi) is 5.71. The van der Waals surface area contributed by atoms with Crippen LogP contribution < -0.4 is 5.76 Å². The van der Waals surface area contributed by atoms with Crippen LogP contribution in [0.15, 0.2) is 61.3 Å². The van der Waals surface area contributed by atoms with E-state index in [-0.39, 0.29) is 6.61 Å². The first-order valence-corrected chi connectivity index (χ1v) is 10.5. The standard InChI is InChI=1S/C21H19N3O5S/c1-13-17(19(30-2)23-18(22-13)16-9-5-11-27-16)20(25)28-12-6-10-24-14-7-3-4-8-15(14)29-21(24)26/h3-5,7-9,11H,6,10,12H2,1-2H3. The first kappa shape index (κ1) is 20.0. The van der Waals surface area contributed by atoms with Gasteiger partial charge in [0.25, 0.3) is 0 Å². The number of benzene rings is 1. The van der Waals surface area contributed by atoms with Gasteiger partial charge in [-0.2, -0.15) is 0 Å². The Morgan fingerprint density at radius 1 is 1.20 bits per heavy atom. The summed E-state index contributed by atoms with van der Waals surface area (Å²) >= 11 is 1.34. The molecule has 0 aliphatic rings. The van der Waals surface area contributed by atoms with Crippen molar-refractivity contribution in [1.29, 1.82) is 0 Å². The van der Waals surface area contributed by atoms with E-state index >= 15 is 0 Å². The van der Waals surface area contributed by atoms with Crippen LogP contribution in [0, 0.1) is 6.92 Å². The predicted molar refractivity (Wildman–Crippen MR) is 112 cm³/mol. The summed E-state index contributed by atoms with van der Waals surface area (Å²) in [6, 6.07) is 10.7. The van der Waals surface area contributed by atoms with Gasteiger partial charge in [0.15, 0.2) is 17.2 Å². The van der Waals surface area contributed by atoms with E-state index in [1.54, 1.807) is 31.4 Å². The van der Waals surface area contributed by atoms with E-state index in [0.717, 1.165) is 5.52 Å². The number of carbonyl (C=O) groups excluding carboxylic acids is 1. The molecule has 0 saturated heterocycles. The van der Waals surface area contributed by atoms with Crippen LogP contribution in [-0.2, 0) is 11.3 Å². The fraction of sp³-hybridized carbons (Fsp3) is 0.238. The molecule has 4 aromatic rings. The molecule has 30 heavy (non-hydrogen) atoms. The Morgan fingerprint density at radius 2 is 2.03 bits per heavy atom. The fourth-order valence-electron chi connectivity index (χ4n) is 3.13. The number of esters is 1. The predicted octanol–water partition coefficient (Wildman–Crippen LogP) is 3.92. The molecule has 0 radical (unpaired) electrons. The van der Waals surface area contributed by atoms with Gasteiger partial charge in [-0.3, -0.25) is 4.57 Å². The van der Waals surface area contributed by atoms with Crippen LogP contribution in [0.2, 0.25) is 0 Å². The summed E-state index contributed by atoms with van der Waals surface area (Å²) in [7, 11) is 0. The lowest BCUT2D eigenvalue weighted by Gasteiger charge is -2.11. The molecule has 0 fully saturated rings. The Bertz CT molecular complexity index is 1240. The Morgan fingerprint density at radius 3 is 2.80 bits per heavy atom. The molecule has 0 spiro atoms. The smallest absolute Gasteiger partial charge is 0.419 e. The highest BCUT2D eigenvalue weighted by Gasteiger charge is 2.21. The quantitative estimate of drug-likeness (QED) is 0.190. The van der Waals surface area contributed by atoms with E-state index in [2.05, 4.69) is 9.97 Å². The number of aromatic nitrogens is 3. The summed E-state index contributed by atoms with van der Waals surface area (Å²) in [6.07, 6.45) is 3.85. The SMILES string of the molecule is CSc1nc(-c2ccco2)nc(C)c1C(=O)OCCCn1c(=O)oc2ccccc21. The van der Waals surface area contributed by atoms with Crippen LogP contribution in [0.1, 0.15) is 22.5 Å². The number of ether oxygens (including phenoxy) is 1. The van der Waals surface area contributed by atoms with Crippen LogP contribution >= 0.6 is 11.8 Å². The van der Waals surface area contributed by atoms with Crippen molar-refractivity contribution in [3.63, 3.8) is 0 Å². The van der Waals surface area contributed by atoms with Gasteiger partial charge in [0.2, 0.25) is 0 Å². The van der Waals surface area contributed by atoms with Crippen molar-refractivity contribution in [2.24, 2.45) is 0 Å². The summed E-state index contributed by atoms with van der Waals surface area (Å²) in [5.74, 6) is 0.0351. The number of hydrogen-bond donors (Lipinski definition) is 0. The maximum absolute atomic E-state index is 12.7. The molecular formula is C21H19N3O5S. The zero-order valence-electron chi connectivity index (χ0n) is 16.5. The van der Waals surface area contributed by atoms with Crippen molar-refractivity contribution in [3.05, 3.63) is 64.5 Å². The molecule has 0 atom stereocenters. The van der Waals surface area contributed by atoms with Crippen LogP contribution in [0.3, 0.4) is 0 Å². The average molecular weight is 425 g/mol. The number of aryl methyl sites for hydroxylation is 2. The van der Waals surface area contributed by atoms with Gasteiger partial charge in [-0.25, -0.2) is 19.6 Å². The largest absolute Gasteiger partial charge is 0.462 e. The van der Waals surface area contributed by atoms with Crippen molar-refractivity contribution >= 4 is 28.8 Å². The second-order valence-corrected chi connectivity index (χ2v) is 7.27. The van der Waals surface area contributed by atoms with E-state index in [1.165, 1.54) is 16.3 Å². The van der Waals surface area contributed by atoms with E-state index in [4.69, 9.17) is 13.6 Å². The number of carbonyl (C=O) groups is 1. The molecule has 0 aliphatic heterocycles. The molecule has 0 unspecified atom stereocenters. The molecule has 3 aromatic heterocycles. The minimum Gasteiger partial charge on any atom is -0.462 e. The van der Waals surface area contributed by atoms with Crippen LogP contribution in [0.5, 0.6) is 0 Å². The van der Waals surface area contributed by atoms with Crippen LogP contribution in [0.25, 0.3) is 22.7 Å².